The molecule has 2 rings (SSSR count). The molecule has 78 valence electrons. The first kappa shape index (κ1) is 10.0. The van der Waals surface area contributed by atoms with E-state index in [1.54, 1.807) is 0 Å². The lowest BCUT2D eigenvalue weighted by atomic mass is 10.2. The minimum Gasteiger partial charge on any atom is -0.319 e. The quantitative estimate of drug-likeness (QED) is 0.798. The Morgan fingerprint density at radius 3 is 2.33 bits per heavy atom. The Labute approximate surface area is 90.3 Å². The maximum Gasteiger partial charge on any atom is 0.0991 e. The molecule has 0 atom stereocenters. The van der Waals surface area contributed by atoms with Crippen molar-refractivity contribution in [1.82, 2.24) is 5.01 Å². The van der Waals surface area contributed by atoms with Crippen LogP contribution in [0.3, 0.4) is 0 Å². The van der Waals surface area contributed by atoms with Gasteiger partial charge in [-0.1, -0.05) is 6.42 Å². The summed E-state index contributed by atoms with van der Waals surface area (Å²) < 4.78 is 0. The van der Waals surface area contributed by atoms with E-state index in [-0.39, 0.29) is 0 Å². The molecule has 0 bridgehead atoms. The van der Waals surface area contributed by atoms with Crippen LogP contribution in [0.15, 0.2) is 24.3 Å². The SMILES string of the molecule is N#Cc1ccc(NN2CCCCC2)cc1. The molecule has 1 aliphatic rings. The van der Waals surface area contributed by atoms with Crippen molar-refractivity contribution in [2.24, 2.45) is 0 Å². The van der Waals surface area contributed by atoms with E-state index in [1.165, 1.54) is 19.3 Å². The zero-order chi connectivity index (χ0) is 10.5. The Balaban J connectivity index is 1.95. The van der Waals surface area contributed by atoms with E-state index < -0.39 is 0 Å². The molecule has 1 heterocycles. The van der Waals surface area contributed by atoms with E-state index >= 15 is 0 Å². The third-order valence-corrected chi connectivity index (χ3v) is 2.66. The lowest BCUT2D eigenvalue weighted by Crippen LogP contribution is -2.34. The number of hydrogen-bond donors (Lipinski definition) is 1. The van der Waals surface area contributed by atoms with Crippen molar-refractivity contribution in [3.05, 3.63) is 29.8 Å². The largest absolute Gasteiger partial charge is 0.319 e. The van der Waals surface area contributed by atoms with Gasteiger partial charge in [-0.25, -0.2) is 5.01 Å². The molecular weight excluding hydrogens is 186 g/mol. The van der Waals surface area contributed by atoms with Crippen LogP contribution in [-0.2, 0) is 0 Å². The molecule has 15 heavy (non-hydrogen) atoms. The molecule has 1 aromatic carbocycles. The average molecular weight is 201 g/mol. The number of hydrogen-bond acceptors (Lipinski definition) is 3. The summed E-state index contributed by atoms with van der Waals surface area (Å²) in [6.07, 6.45) is 3.87. The number of benzene rings is 1. The molecule has 0 aromatic heterocycles. The zero-order valence-corrected chi connectivity index (χ0v) is 8.74. The third-order valence-electron chi connectivity index (χ3n) is 2.66. The Bertz CT molecular complexity index is 344. The normalized spacial score (nSPS) is 17.0. The molecule has 3 heteroatoms. The zero-order valence-electron chi connectivity index (χ0n) is 8.74. The first-order valence-electron chi connectivity index (χ1n) is 5.40. The van der Waals surface area contributed by atoms with Gasteiger partial charge in [-0.2, -0.15) is 5.26 Å². The fourth-order valence-electron chi connectivity index (χ4n) is 1.81. The Morgan fingerprint density at radius 2 is 1.73 bits per heavy atom. The molecule has 0 amide bonds. The van der Waals surface area contributed by atoms with Crippen molar-refractivity contribution >= 4 is 5.69 Å². The first-order chi connectivity index (χ1) is 7.38. The number of hydrazine groups is 1. The van der Waals surface area contributed by atoms with Crippen molar-refractivity contribution < 1.29 is 0 Å². The van der Waals surface area contributed by atoms with Gasteiger partial charge in [0.25, 0.3) is 0 Å². The minimum atomic E-state index is 0.708. The highest BCUT2D eigenvalue weighted by Gasteiger charge is 2.09. The van der Waals surface area contributed by atoms with Crippen LogP contribution in [0.2, 0.25) is 0 Å². The summed E-state index contributed by atoms with van der Waals surface area (Å²) in [5, 5.41) is 10.9. The molecular formula is C12H15N3. The number of nitrogens with one attached hydrogen (secondary N) is 1. The fourth-order valence-corrected chi connectivity index (χ4v) is 1.81. The predicted molar refractivity (Wildman–Crippen MR) is 60.2 cm³/mol. The van der Waals surface area contributed by atoms with E-state index in [0.29, 0.717) is 5.56 Å². The maximum atomic E-state index is 8.67. The number of nitriles is 1. The van der Waals surface area contributed by atoms with Crippen LogP contribution in [0.4, 0.5) is 5.69 Å². The van der Waals surface area contributed by atoms with E-state index in [2.05, 4.69) is 16.5 Å². The Hall–Kier alpha value is -1.53. The molecule has 0 saturated carbocycles. The number of rotatable bonds is 2. The van der Waals surface area contributed by atoms with Crippen LogP contribution in [0.1, 0.15) is 24.8 Å². The number of nitrogens with zero attached hydrogens (tertiary/aromatic N) is 2. The molecule has 1 saturated heterocycles. The first-order valence-corrected chi connectivity index (χ1v) is 5.40. The summed E-state index contributed by atoms with van der Waals surface area (Å²) >= 11 is 0. The summed E-state index contributed by atoms with van der Waals surface area (Å²) in [7, 11) is 0. The Kier molecular flexibility index (Phi) is 3.21. The fraction of sp³-hybridized carbons (Fsp3) is 0.417. The van der Waals surface area contributed by atoms with E-state index in [0.717, 1.165) is 18.8 Å². The summed E-state index contributed by atoms with van der Waals surface area (Å²) in [5.74, 6) is 0. The number of anilines is 1. The molecule has 0 aliphatic carbocycles. The minimum absolute atomic E-state index is 0.708. The molecule has 1 fully saturated rings. The van der Waals surface area contributed by atoms with Gasteiger partial charge in [0.1, 0.15) is 0 Å². The van der Waals surface area contributed by atoms with Gasteiger partial charge in [-0.15, -0.1) is 0 Å². The van der Waals surface area contributed by atoms with Crippen molar-refractivity contribution in [3.8, 4) is 6.07 Å². The van der Waals surface area contributed by atoms with E-state index in [9.17, 15) is 0 Å². The van der Waals surface area contributed by atoms with Gasteiger partial charge in [-0.05, 0) is 37.1 Å². The van der Waals surface area contributed by atoms with Gasteiger partial charge in [0.05, 0.1) is 11.6 Å². The van der Waals surface area contributed by atoms with Crippen LogP contribution in [0.25, 0.3) is 0 Å². The maximum absolute atomic E-state index is 8.67. The van der Waals surface area contributed by atoms with Gasteiger partial charge in [-0.3, -0.25) is 0 Å². The average Bonchev–Trinajstić information content (AvgIpc) is 2.31. The summed E-state index contributed by atoms with van der Waals surface area (Å²) in [6.45, 7) is 2.22. The lowest BCUT2D eigenvalue weighted by molar-refractivity contribution is 0.273. The smallest absolute Gasteiger partial charge is 0.0991 e. The highest BCUT2D eigenvalue weighted by molar-refractivity contribution is 5.46. The van der Waals surface area contributed by atoms with Crippen molar-refractivity contribution in [2.75, 3.05) is 18.5 Å². The van der Waals surface area contributed by atoms with Crippen molar-refractivity contribution in [1.29, 1.82) is 5.26 Å². The highest BCUT2D eigenvalue weighted by atomic mass is 15.5. The summed E-state index contributed by atoms with van der Waals surface area (Å²) in [6, 6.07) is 9.70. The topological polar surface area (TPSA) is 39.1 Å². The van der Waals surface area contributed by atoms with Crippen LogP contribution in [0, 0.1) is 11.3 Å². The van der Waals surface area contributed by atoms with Gasteiger partial charge < -0.3 is 5.43 Å². The summed E-state index contributed by atoms with van der Waals surface area (Å²) in [4.78, 5) is 0. The van der Waals surface area contributed by atoms with Crippen LogP contribution >= 0.6 is 0 Å². The van der Waals surface area contributed by atoms with Crippen molar-refractivity contribution in [2.45, 2.75) is 19.3 Å². The second kappa shape index (κ2) is 4.81. The second-order valence-corrected chi connectivity index (χ2v) is 3.85. The molecule has 1 aromatic rings. The number of piperidine rings is 1. The van der Waals surface area contributed by atoms with E-state index in [4.69, 9.17) is 5.26 Å². The monoisotopic (exact) mass is 201 g/mol. The van der Waals surface area contributed by atoms with Crippen molar-refractivity contribution in [3.63, 3.8) is 0 Å². The molecule has 0 radical (unpaired) electrons. The predicted octanol–water partition coefficient (Wildman–Crippen LogP) is 2.37. The van der Waals surface area contributed by atoms with Gasteiger partial charge in [0.15, 0.2) is 0 Å². The highest BCUT2D eigenvalue weighted by Crippen LogP contribution is 2.13. The van der Waals surface area contributed by atoms with Crippen LogP contribution in [0.5, 0.6) is 0 Å². The van der Waals surface area contributed by atoms with Gasteiger partial charge in [0, 0.05) is 18.8 Å². The third kappa shape index (κ3) is 2.71. The molecule has 1 aliphatic heterocycles. The van der Waals surface area contributed by atoms with Gasteiger partial charge in [0.2, 0.25) is 0 Å². The van der Waals surface area contributed by atoms with E-state index in [1.807, 2.05) is 24.3 Å². The molecule has 0 spiro atoms. The molecule has 3 nitrogen and oxygen atoms in total. The molecule has 0 unspecified atom stereocenters. The molecule has 1 N–H and O–H groups in total. The lowest BCUT2D eigenvalue weighted by Gasteiger charge is -2.27. The van der Waals surface area contributed by atoms with Crippen LogP contribution in [-0.4, -0.2) is 18.1 Å². The summed E-state index contributed by atoms with van der Waals surface area (Å²) in [5.41, 5.74) is 5.13. The Morgan fingerprint density at radius 1 is 1.07 bits per heavy atom. The second-order valence-electron chi connectivity index (χ2n) is 3.85. The van der Waals surface area contributed by atoms with Crippen LogP contribution < -0.4 is 5.43 Å². The standard InChI is InChI=1S/C12H15N3/c13-10-11-4-6-12(7-5-11)14-15-8-2-1-3-9-15/h4-7,14H,1-3,8-9H2. The van der Waals surface area contributed by atoms with Gasteiger partial charge >= 0.3 is 0 Å².